The van der Waals surface area contributed by atoms with Gasteiger partial charge in [-0.3, -0.25) is 4.79 Å². The van der Waals surface area contributed by atoms with E-state index in [4.69, 9.17) is 5.73 Å². The van der Waals surface area contributed by atoms with Crippen LogP contribution in [-0.2, 0) is 11.3 Å². The lowest BCUT2D eigenvalue weighted by atomic mass is 10.1. The van der Waals surface area contributed by atoms with Crippen LogP contribution in [0.4, 0.5) is 0 Å². The van der Waals surface area contributed by atoms with Gasteiger partial charge in [-0.1, -0.05) is 6.92 Å². The summed E-state index contributed by atoms with van der Waals surface area (Å²) < 4.78 is 0. The Morgan fingerprint density at radius 3 is 2.80 bits per heavy atom. The number of hydrogen-bond donors (Lipinski definition) is 1. The zero-order valence-corrected chi connectivity index (χ0v) is 10.3. The van der Waals surface area contributed by atoms with E-state index in [0.29, 0.717) is 13.1 Å². The molecule has 1 unspecified atom stereocenters. The van der Waals surface area contributed by atoms with Crippen LogP contribution in [0.1, 0.15) is 17.4 Å². The number of hydrogen-bond acceptors (Lipinski definition) is 3. The highest BCUT2D eigenvalue weighted by atomic mass is 32.1. The van der Waals surface area contributed by atoms with Crippen molar-refractivity contribution in [1.29, 1.82) is 0 Å². The molecule has 15 heavy (non-hydrogen) atoms. The maximum atomic E-state index is 11.8. The first-order valence-electron chi connectivity index (χ1n) is 5.04. The molecule has 0 aliphatic rings. The predicted octanol–water partition coefficient (Wildman–Crippen LogP) is 1.61. The van der Waals surface area contributed by atoms with Crippen LogP contribution in [0, 0.1) is 12.8 Å². The maximum Gasteiger partial charge on any atom is 0.226 e. The van der Waals surface area contributed by atoms with Crippen molar-refractivity contribution in [3.8, 4) is 0 Å². The third-order valence-corrected chi connectivity index (χ3v) is 3.51. The van der Waals surface area contributed by atoms with Gasteiger partial charge >= 0.3 is 0 Å². The highest BCUT2D eigenvalue weighted by Crippen LogP contribution is 2.17. The van der Waals surface area contributed by atoms with Gasteiger partial charge in [-0.15, -0.1) is 11.3 Å². The molecule has 1 aromatic heterocycles. The first-order valence-corrected chi connectivity index (χ1v) is 5.92. The van der Waals surface area contributed by atoms with Gasteiger partial charge in [0.15, 0.2) is 0 Å². The molecular formula is C11H18N2OS. The average molecular weight is 226 g/mol. The molecule has 2 N–H and O–H groups in total. The maximum absolute atomic E-state index is 11.8. The van der Waals surface area contributed by atoms with Crippen LogP contribution < -0.4 is 5.73 Å². The van der Waals surface area contributed by atoms with Crippen LogP contribution in [0.15, 0.2) is 11.4 Å². The van der Waals surface area contributed by atoms with Crippen molar-refractivity contribution < 1.29 is 4.79 Å². The number of rotatable bonds is 4. The molecule has 0 aliphatic carbocycles. The molecule has 0 aliphatic heterocycles. The summed E-state index contributed by atoms with van der Waals surface area (Å²) in [4.78, 5) is 14.8. The monoisotopic (exact) mass is 226 g/mol. The van der Waals surface area contributed by atoms with Crippen molar-refractivity contribution in [3.63, 3.8) is 0 Å². The summed E-state index contributed by atoms with van der Waals surface area (Å²) in [5, 5.41) is 2.05. The Bertz CT molecular complexity index is 335. The van der Waals surface area contributed by atoms with Gasteiger partial charge < -0.3 is 10.6 Å². The number of nitrogens with zero attached hydrogens (tertiary/aromatic N) is 1. The van der Waals surface area contributed by atoms with Crippen LogP contribution in [0.3, 0.4) is 0 Å². The normalized spacial score (nSPS) is 12.5. The highest BCUT2D eigenvalue weighted by molar-refractivity contribution is 7.10. The second-order valence-electron chi connectivity index (χ2n) is 3.86. The minimum absolute atomic E-state index is 0.0877. The number of thiophene rings is 1. The van der Waals surface area contributed by atoms with E-state index >= 15 is 0 Å². The lowest BCUT2D eigenvalue weighted by Gasteiger charge is -2.20. The Kier molecular flexibility index (Phi) is 4.29. The van der Waals surface area contributed by atoms with E-state index in [1.54, 1.807) is 16.2 Å². The number of carbonyl (C=O) groups is 1. The van der Waals surface area contributed by atoms with E-state index in [9.17, 15) is 4.79 Å². The van der Waals surface area contributed by atoms with Gasteiger partial charge in [-0.2, -0.15) is 0 Å². The van der Waals surface area contributed by atoms with Gasteiger partial charge in [0.05, 0.1) is 6.54 Å². The molecule has 0 aromatic carbocycles. The van der Waals surface area contributed by atoms with E-state index in [1.165, 1.54) is 10.4 Å². The molecule has 0 spiro atoms. The van der Waals surface area contributed by atoms with Gasteiger partial charge in [-0.25, -0.2) is 0 Å². The average Bonchev–Trinajstić information content (AvgIpc) is 2.62. The van der Waals surface area contributed by atoms with E-state index in [-0.39, 0.29) is 11.8 Å². The molecule has 1 aromatic rings. The summed E-state index contributed by atoms with van der Waals surface area (Å²) in [5.41, 5.74) is 6.72. The van der Waals surface area contributed by atoms with Gasteiger partial charge in [0.1, 0.15) is 0 Å². The first-order chi connectivity index (χ1) is 7.06. The van der Waals surface area contributed by atoms with E-state index in [1.807, 2.05) is 14.0 Å². The lowest BCUT2D eigenvalue weighted by molar-refractivity contribution is -0.133. The zero-order chi connectivity index (χ0) is 11.4. The Morgan fingerprint density at radius 2 is 2.33 bits per heavy atom. The number of amides is 1. The fourth-order valence-corrected chi connectivity index (χ4v) is 2.29. The molecule has 0 fully saturated rings. The molecule has 1 heterocycles. The fourth-order valence-electron chi connectivity index (χ4n) is 1.34. The molecule has 0 saturated carbocycles. The van der Waals surface area contributed by atoms with Crippen molar-refractivity contribution in [2.24, 2.45) is 11.7 Å². The largest absolute Gasteiger partial charge is 0.340 e. The summed E-state index contributed by atoms with van der Waals surface area (Å²) in [6, 6.07) is 2.07. The summed E-state index contributed by atoms with van der Waals surface area (Å²) in [7, 11) is 1.83. The zero-order valence-electron chi connectivity index (χ0n) is 9.49. The lowest BCUT2D eigenvalue weighted by Crippen LogP contribution is -2.34. The molecule has 0 bridgehead atoms. The molecular weight excluding hydrogens is 208 g/mol. The minimum Gasteiger partial charge on any atom is -0.340 e. The molecule has 0 radical (unpaired) electrons. The third kappa shape index (κ3) is 3.04. The number of nitrogens with two attached hydrogens (primary N) is 1. The quantitative estimate of drug-likeness (QED) is 0.848. The standard InChI is InChI=1S/C11H18N2OS/c1-8-4-5-15-10(8)7-13(3)11(14)9(2)6-12/h4-5,9H,6-7,12H2,1-3H3. The van der Waals surface area contributed by atoms with Crippen molar-refractivity contribution in [2.75, 3.05) is 13.6 Å². The Hall–Kier alpha value is -0.870. The van der Waals surface area contributed by atoms with Crippen LogP contribution in [-0.4, -0.2) is 24.4 Å². The number of aryl methyl sites for hydroxylation is 1. The summed E-state index contributed by atoms with van der Waals surface area (Å²) in [6.07, 6.45) is 0. The van der Waals surface area contributed by atoms with E-state index in [2.05, 4.69) is 18.4 Å². The second kappa shape index (κ2) is 5.28. The van der Waals surface area contributed by atoms with Crippen LogP contribution in [0.25, 0.3) is 0 Å². The fraction of sp³-hybridized carbons (Fsp3) is 0.545. The molecule has 0 saturated heterocycles. The highest BCUT2D eigenvalue weighted by Gasteiger charge is 2.16. The van der Waals surface area contributed by atoms with Crippen LogP contribution >= 0.6 is 11.3 Å². The Labute approximate surface area is 94.9 Å². The predicted molar refractivity (Wildman–Crippen MR) is 63.7 cm³/mol. The van der Waals surface area contributed by atoms with E-state index in [0.717, 1.165) is 0 Å². The minimum atomic E-state index is -0.0877. The summed E-state index contributed by atoms with van der Waals surface area (Å²) in [5.74, 6) is 0.0283. The molecule has 3 nitrogen and oxygen atoms in total. The number of carbonyl (C=O) groups excluding carboxylic acids is 1. The molecule has 1 rings (SSSR count). The summed E-state index contributed by atoms with van der Waals surface area (Å²) >= 11 is 1.69. The molecule has 1 atom stereocenters. The molecule has 84 valence electrons. The van der Waals surface area contributed by atoms with Gasteiger partial charge in [-0.05, 0) is 23.9 Å². The smallest absolute Gasteiger partial charge is 0.226 e. The third-order valence-electron chi connectivity index (χ3n) is 2.50. The summed E-state index contributed by atoms with van der Waals surface area (Å²) in [6.45, 7) is 5.02. The molecule has 4 heteroatoms. The SMILES string of the molecule is Cc1ccsc1CN(C)C(=O)C(C)CN. The Balaban J connectivity index is 2.60. The van der Waals surface area contributed by atoms with Crippen LogP contribution in [0.5, 0.6) is 0 Å². The first kappa shape index (κ1) is 12.2. The van der Waals surface area contributed by atoms with Crippen molar-refractivity contribution in [1.82, 2.24) is 4.90 Å². The van der Waals surface area contributed by atoms with E-state index < -0.39 is 0 Å². The van der Waals surface area contributed by atoms with Gasteiger partial charge in [0.25, 0.3) is 0 Å². The van der Waals surface area contributed by atoms with Crippen molar-refractivity contribution in [3.05, 3.63) is 21.9 Å². The van der Waals surface area contributed by atoms with Crippen LogP contribution in [0.2, 0.25) is 0 Å². The van der Waals surface area contributed by atoms with Crippen molar-refractivity contribution in [2.45, 2.75) is 20.4 Å². The van der Waals surface area contributed by atoms with Crippen molar-refractivity contribution >= 4 is 17.2 Å². The second-order valence-corrected chi connectivity index (χ2v) is 4.86. The topological polar surface area (TPSA) is 46.3 Å². The van der Waals surface area contributed by atoms with Gasteiger partial charge in [0, 0.05) is 24.4 Å². The molecule has 1 amide bonds. The Morgan fingerprint density at radius 1 is 1.67 bits per heavy atom. The van der Waals surface area contributed by atoms with Gasteiger partial charge in [0.2, 0.25) is 5.91 Å².